The van der Waals surface area contributed by atoms with Gasteiger partial charge in [0.05, 0.1) is 5.69 Å². The highest BCUT2D eigenvalue weighted by atomic mass is 16.5. The van der Waals surface area contributed by atoms with Crippen LogP contribution in [-0.2, 0) is 4.79 Å². The molecule has 0 aromatic heterocycles. The third-order valence-electron chi connectivity index (χ3n) is 3.08. The van der Waals surface area contributed by atoms with E-state index in [9.17, 15) is 9.90 Å². The van der Waals surface area contributed by atoms with Crippen molar-refractivity contribution in [1.29, 1.82) is 0 Å². The van der Waals surface area contributed by atoms with Crippen LogP contribution in [0, 0.1) is 5.92 Å². The molecule has 1 aliphatic heterocycles. The van der Waals surface area contributed by atoms with Gasteiger partial charge in [-0.3, -0.25) is 4.79 Å². The van der Waals surface area contributed by atoms with Gasteiger partial charge in [-0.2, -0.15) is 0 Å². The lowest BCUT2D eigenvalue weighted by atomic mass is 10.1. The number of phenols is 1. The Morgan fingerprint density at radius 3 is 2.83 bits per heavy atom. The maximum Gasteiger partial charge on any atom is 0.267 e. The Kier molecular flexibility index (Phi) is 3.45. The van der Waals surface area contributed by atoms with E-state index in [0.29, 0.717) is 23.9 Å². The van der Waals surface area contributed by atoms with Crippen molar-refractivity contribution in [2.75, 3.05) is 11.4 Å². The molecule has 2 rings (SSSR count). The van der Waals surface area contributed by atoms with Crippen LogP contribution >= 0.6 is 0 Å². The summed E-state index contributed by atoms with van der Waals surface area (Å²) in [5.41, 5.74) is 0.666. The molecule has 18 heavy (non-hydrogen) atoms. The van der Waals surface area contributed by atoms with Gasteiger partial charge in [0.2, 0.25) is 0 Å². The molecule has 0 radical (unpaired) electrons. The van der Waals surface area contributed by atoms with E-state index in [1.807, 2.05) is 0 Å². The zero-order valence-corrected chi connectivity index (χ0v) is 11.0. The van der Waals surface area contributed by atoms with Crippen molar-refractivity contribution >= 4 is 11.6 Å². The van der Waals surface area contributed by atoms with Crippen LogP contribution in [-0.4, -0.2) is 23.7 Å². The lowest BCUT2D eigenvalue weighted by Crippen LogP contribution is -2.45. The quantitative estimate of drug-likeness (QED) is 0.895. The molecule has 1 aliphatic rings. The maximum absolute atomic E-state index is 12.1. The smallest absolute Gasteiger partial charge is 0.267 e. The standard InChI is InChI=1S/C14H19NO3/c1-9(2)6-7-15-12-8-11(16)4-5-13(12)18-10(3)14(15)17/h4-5,8-10,16H,6-7H2,1-3H3. The van der Waals surface area contributed by atoms with Gasteiger partial charge >= 0.3 is 0 Å². The Morgan fingerprint density at radius 2 is 2.17 bits per heavy atom. The third kappa shape index (κ3) is 2.42. The van der Waals surface area contributed by atoms with Gasteiger partial charge in [-0.05, 0) is 31.4 Å². The van der Waals surface area contributed by atoms with Crippen LogP contribution in [0.15, 0.2) is 18.2 Å². The minimum absolute atomic E-state index is 0.0475. The lowest BCUT2D eigenvalue weighted by Gasteiger charge is -2.33. The predicted molar refractivity (Wildman–Crippen MR) is 70.0 cm³/mol. The molecule has 1 atom stereocenters. The molecule has 0 fully saturated rings. The van der Waals surface area contributed by atoms with Gasteiger partial charge in [0.1, 0.15) is 11.5 Å². The second-order valence-electron chi connectivity index (χ2n) is 5.08. The van der Waals surface area contributed by atoms with E-state index >= 15 is 0 Å². The van der Waals surface area contributed by atoms with Crippen LogP contribution in [0.25, 0.3) is 0 Å². The van der Waals surface area contributed by atoms with E-state index in [-0.39, 0.29) is 11.7 Å². The Hall–Kier alpha value is -1.71. The number of carbonyl (C=O) groups is 1. The van der Waals surface area contributed by atoms with E-state index in [1.54, 1.807) is 30.0 Å². The van der Waals surface area contributed by atoms with Gasteiger partial charge in [-0.15, -0.1) is 0 Å². The summed E-state index contributed by atoms with van der Waals surface area (Å²) in [5.74, 6) is 1.28. The van der Waals surface area contributed by atoms with Crippen molar-refractivity contribution in [3.63, 3.8) is 0 Å². The average molecular weight is 249 g/mol. The number of benzene rings is 1. The molecule has 1 aromatic rings. The zero-order chi connectivity index (χ0) is 13.3. The normalized spacial score (nSPS) is 18.8. The summed E-state index contributed by atoms with van der Waals surface area (Å²) in [6.07, 6.45) is 0.460. The summed E-state index contributed by atoms with van der Waals surface area (Å²) in [6, 6.07) is 4.86. The number of amides is 1. The van der Waals surface area contributed by atoms with Gasteiger partial charge in [0.25, 0.3) is 5.91 Å². The number of anilines is 1. The highest BCUT2D eigenvalue weighted by molar-refractivity contribution is 6.00. The van der Waals surface area contributed by atoms with Crippen molar-refractivity contribution in [2.45, 2.75) is 33.3 Å². The zero-order valence-electron chi connectivity index (χ0n) is 11.0. The van der Waals surface area contributed by atoms with Crippen LogP contribution in [0.1, 0.15) is 27.2 Å². The molecular weight excluding hydrogens is 230 g/mol. The molecule has 4 nitrogen and oxygen atoms in total. The molecule has 0 bridgehead atoms. The van der Waals surface area contributed by atoms with Crippen molar-refractivity contribution in [3.8, 4) is 11.5 Å². The fraction of sp³-hybridized carbons (Fsp3) is 0.500. The Morgan fingerprint density at radius 1 is 1.44 bits per heavy atom. The molecule has 1 aromatic carbocycles. The Balaban J connectivity index is 2.31. The number of carbonyl (C=O) groups excluding carboxylic acids is 1. The number of nitrogens with zero attached hydrogens (tertiary/aromatic N) is 1. The van der Waals surface area contributed by atoms with Gasteiger partial charge in [-0.25, -0.2) is 0 Å². The van der Waals surface area contributed by atoms with E-state index in [2.05, 4.69) is 13.8 Å². The van der Waals surface area contributed by atoms with Crippen LogP contribution in [0.5, 0.6) is 11.5 Å². The molecule has 0 aliphatic carbocycles. The van der Waals surface area contributed by atoms with Gasteiger partial charge in [0.15, 0.2) is 6.10 Å². The topological polar surface area (TPSA) is 49.8 Å². The van der Waals surface area contributed by atoms with Gasteiger partial charge < -0.3 is 14.7 Å². The van der Waals surface area contributed by atoms with Gasteiger partial charge in [0, 0.05) is 12.6 Å². The first-order valence-electron chi connectivity index (χ1n) is 6.30. The Labute approximate surface area is 107 Å². The molecule has 98 valence electrons. The predicted octanol–water partition coefficient (Wildman–Crippen LogP) is 2.55. The van der Waals surface area contributed by atoms with E-state index < -0.39 is 6.10 Å². The van der Waals surface area contributed by atoms with E-state index in [4.69, 9.17) is 4.74 Å². The molecule has 4 heteroatoms. The Bertz CT molecular complexity index is 456. The number of hydrogen-bond acceptors (Lipinski definition) is 3. The molecule has 0 saturated carbocycles. The summed E-state index contributed by atoms with van der Waals surface area (Å²) in [6.45, 7) is 6.65. The minimum Gasteiger partial charge on any atom is -0.508 e. The number of phenolic OH excluding ortho intramolecular Hbond substituents is 1. The van der Waals surface area contributed by atoms with Crippen LogP contribution < -0.4 is 9.64 Å². The molecule has 0 saturated heterocycles. The first kappa shape index (κ1) is 12.7. The van der Waals surface area contributed by atoms with E-state index in [1.165, 1.54) is 0 Å². The van der Waals surface area contributed by atoms with Crippen LogP contribution in [0.4, 0.5) is 5.69 Å². The molecule has 1 heterocycles. The minimum atomic E-state index is -0.464. The van der Waals surface area contributed by atoms with Crippen molar-refractivity contribution in [2.24, 2.45) is 5.92 Å². The van der Waals surface area contributed by atoms with Crippen molar-refractivity contribution in [3.05, 3.63) is 18.2 Å². The highest BCUT2D eigenvalue weighted by Crippen LogP contribution is 2.36. The number of aromatic hydroxyl groups is 1. The fourth-order valence-electron chi connectivity index (χ4n) is 2.01. The van der Waals surface area contributed by atoms with Crippen LogP contribution in [0.2, 0.25) is 0 Å². The number of hydrogen-bond donors (Lipinski definition) is 1. The van der Waals surface area contributed by atoms with E-state index in [0.717, 1.165) is 6.42 Å². The second kappa shape index (κ2) is 4.88. The monoisotopic (exact) mass is 249 g/mol. The molecule has 0 spiro atoms. The summed E-state index contributed by atoms with van der Waals surface area (Å²) in [5, 5.41) is 9.54. The summed E-state index contributed by atoms with van der Waals surface area (Å²) in [4.78, 5) is 13.8. The average Bonchev–Trinajstić information content (AvgIpc) is 2.30. The van der Waals surface area contributed by atoms with Crippen LogP contribution in [0.3, 0.4) is 0 Å². The number of fused-ring (bicyclic) bond motifs is 1. The molecular formula is C14H19NO3. The van der Waals surface area contributed by atoms with Gasteiger partial charge in [-0.1, -0.05) is 13.8 Å². The highest BCUT2D eigenvalue weighted by Gasteiger charge is 2.31. The maximum atomic E-state index is 12.1. The van der Waals surface area contributed by atoms with Crippen molar-refractivity contribution < 1.29 is 14.6 Å². The third-order valence-corrected chi connectivity index (χ3v) is 3.08. The molecule has 1 unspecified atom stereocenters. The molecule has 1 N–H and O–H groups in total. The largest absolute Gasteiger partial charge is 0.508 e. The number of rotatable bonds is 3. The first-order valence-corrected chi connectivity index (χ1v) is 6.30. The SMILES string of the molecule is CC(C)CCN1C(=O)C(C)Oc2ccc(O)cc21. The fourth-order valence-corrected chi connectivity index (χ4v) is 2.01. The van der Waals surface area contributed by atoms with Crippen molar-refractivity contribution in [1.82, 2.24) is 0 Å². The first-order chi connectivity index (χ1) is 8.49. The molecule has 1 amide bonds. The summed E-state index contributed by atoms with van der Waals surface area (Å²) in [7, 11) is 0. The summed E-state index contributed by atoms with van der Waals surface area (Å²) < 4.78 is 5.53. The lowest BCUT2D eigenvalue weighted by molar-refractivity contribution is -0.125. The summed E-state index contributed by atoms with van der Waals surface area (Å²) >= 11 is 0. The second-order valence-corrected chi connectivity index (χ2v) is 5.08. The number of ether oxygens (including phenoxy) is 1.